The molecule has 6 heteroatoms. The predicted molar refractivity (Wildman–Crippen MR) is 101 cm³/mol. The van der Waals surface area contributed by atoms with Crippen molar-refractivity contribution in [3.63, 3.8) is 0 Å². The fourth-order valence-electron chi connectivity index (χ4n) is 2.66. The Hall–Kier alpha value is -2.89. The first kappa shape index (κ1) is 17.9. The number of carbonyl (C=O) groups excluding carboxylic acids is 1. The van der Waals surface area contributed by atoms with E-state index in [4.69, 9.17) is 14.2 Å². The summed E-state index contributed by atoms with van der Waals surface area (Å²) in [5.74, 6) is 1.94. The number of benzene rings is 2. The topological polar surface area (TPSA) is 68.8 Å². The molecule has 0 unspecified atom stereocenters. The third-order valence-corrected chi connectivity index (χ3v) is 3.97. The summed E-state index contributed by atoms with van der Waals surface area (Å²) in [5.41, 5.74) is 1.46. The number of hydrogen-bond donors (Lipinski definition) is 2. The van der Waals surface area contributed by atoms with Crippen LogP contribution >= 0.6 is 0 Å². The van der Waals surface area contributed by atoms with Gasteiger partial charge in [-0.25, -0.2) is 0 Å². The molecule has 1 atom stereocenters. The van der Waals surface area contributed by atoms with Crippen molar-refractivity contribution in [3.8, 4) is 17.2 Å². The van der Waals surface area contributed by atoms with Crippen LogP contribution in [0.3, 0.4) is 0 Å². The van der Waals surface area contributed by atoms with Crippen molar-refractivity contribution in [1.29, 1.82) is 0 Å². The van der Waals surface area contributed by atoms with Crippen LogP contribution in [-0.4, -0.2) is 31.8 Å². The third kappa shape index (κ3) is 4.39. The average Bonchev–Trinajstić information content (AvgIpc) is 2.88. The van der Waals surface area contributed by atoms with Crippen LogP contribution in [0.2, 0.25) is 0 Å². The van der Waals surface area contributed by atoms with E-state index in [0.717, 1.165) is 17.9 Å². The molecule has 0 aliphatic carbocycles. The van der Waals surface area contributed by atoms with E-state index in [0.29, 0.717) is 37.0 Å². The average molecular weight is 356 g/mol. The highest BCUT2D eigenvalue weighted by atomic mass is 16.5. The number of carbonyl (C=O) groups is 1. The van der Waals surface area contributed by atoms with E-state index in [1.165, 1.54) is 0 Å². The summed E-state index contributed by atoms with van der Waals surface area (Å²) in [6.07, 6.45) is 0.857. The van der Waals surface area contributed by atoms with Gasteiger partial charge in [-0.2, -0.15) is 0 Å². The Morgan fingerprint density at radius 3 is 2.73 bits per heavy atom. The second kappa shape index (κ2) is 8.47. The van der Waals surface area contributed by atoms with Crippen LogP contribution < -0.4 is 24.8 Å². The summed E-state index contributed by atoms with van der Waals surface area (Å²) in [7, 11) is 0. The molecule has 0 saturated carbocycles. The molecule has 0 spiro atoms. The van der Waals surface area contributed by atoms with Crippen LogP contribution in [0.1, 0.15) is 20.3 Å². The molecule has 2 aromatic rings. The van der Waals surface area contributed by atoms with Crippen LogP contribution in [0.25, 0.3) is 0 Å². The standard InChI is InChI=1S/C20H24N2O4/c1-3-24-17-8-5-4-7-16(17)22-20(23)14(2)21-15-9-10-18-19(13-15)26-12-6-11-25-18/h4-5,7-10,13-14,21H,3,6,11-12H2,1-2H3,(H,22,23)/t14-/m1/s1. The largest absolute Gasteiger partial charge is 0.492 e. The fourth-order valence-corrected chi connectivity index (χ4v) is 2.66. The molecule has 1 aliphatic rings. The molecule has 3 rings (SSSR count). The molecule has 2 aromatic carbocycles. The lowest BCUT2D eigenvalue weighted by atomic mass is 10.2. The minimum atomic E-state index is -0.436. The Kier molecular flexibility index (Phi) is 5.84. The van der Waals surface area contributed by atoms with Gasteiger partial charge in [-0.1, -0.05) is 12.1 Å². The van der Waals surface area contributed by atoms with Gasteiger partial charge in [0.2, 0.25) is 5.91 Å². The Morgan fingerprint density at radius 2 is 1.92 bits per heavy atom. The van der Waals surface area contributed by atoms with E-state index in [9.17, 15) is 4.79 Å². The number of rotatable bonds is 6. The van der Waals surface area contributed by atoms with E-state index in [1.54, 1.807) is 0 Å². The van der Waals surface area contributed by atoms with Crippen LogP contribution in [-0.2, 0) is 4.79 Å². The smallest absolute Gasteiger partial charge is 0.246 e. The summed E-state index contributed by atoms with van der Waals surface area (Å²) in [6.45, 7) is 5.53. The maximum absolute atomic E-state index is 12.5. The Balaban J connectivity index is 1.65. The first-order chi connectivity index (χ1) is 12.7. The maximum atomic E-state index is 12.5. The summed E-state index contributed by atoms with van der Waals surface area (Å²) in [4.78, 5) is 12.5. The number of fused-ring (bicyclic) bond motifs is 1. The Labute approximate surface area is 153 Å². The number of para-hydroxylation sites is 2. The number of nitrogens with one attached hydrogen (secondary N) is 2. The SMILES string of the molecule is CCOc1ccccc1NC(=O)[C@@H](C)Nc1ccc2c(c1)OCCCO2. The molecular weight excluding hydrogens is 332 g/mol. The zero-order valence-corrected chi connectivity index (χ0v) is 15.1. The van der Waals surface area contributed by atoms with Gasteiger partial charge in [0.05, 0.1) is 25.5 Å². The number of anilines is 2. The van der Waals surface area contributed by atoms with E-state index >= 15 is 0 Å². The minimum Gasteiger partial charge on any atom is -0.492 e. The normalized spacial score (nSPS) is 14.1. The van der Waals surface area contributed by atoms with Crippen molar-refractivity contribution in [2.75, 3.05) is 30.5 Å². The number of amides is 1. The quantitative estimate of drug-likeness (QED) is 0.826. The lowest BCUT2D eigenvalue weighted by Crippen LogP contribution is -2.32. The predicted octanol–water partition coefficient (Wildman–Crippen LogP) is 3.69. The number of ether oxygens (including phenoxy) is 3. The van der Waals surface area contributed by atoms with Gasteiger partial charge in [-0.05, 0) is 38.1 Å². The molecule has 1 amide bonds. The molecule has 6 nitrogen and oxygen atoms in total. The lowest BCUT2D eigenvalue weighted by Gasteiger charge is -2.18. The monoisotopic (exact) mass is 356 g/mol. The van der Waals surface area contributed by atoms with Crippen molar-refractivity contribution >= 4 is 17.3 Å². The second-order valence-corrected chi connectivity index (χ2v) is 6.00. The van der Waals surface area contributed by atoms with E-state index in [-0.39, 0.29) is 5.91 Å². The molecule has 138 valence electrons. The lowest BCUT2D eigenvalue weighted by molar-refractivity contribution is -0.116. The van der Waals surface area contributed by atoms with Gasteiger partial charge in [0.25, 0.3) is 0 Å². The molecule has 0 fully saturated rings. The molecule has 2 N–H and O–H groups in total. The van der Waals surface area contributed by atoms with E-state index in [1.807, 2.05) is 56.3 Å². The van der Waals surface area contributed by atoms with Crippen molar-refractivity contribution in [3.05, 3.63) is 42.5 Å². The van der Waals surface area contributed by atoms with E-state index in [2.05, 4.69) is 10.6 Å². The maximum Gasteiger partial charge on any atom is 0.246 e. The highest BCUT2D eigenvalue weighted by Crippen LogP contribution is 2.32. The number of hydrogen-bond acceptors (Lipinski definition) is 5. The minimum absolute atomic E-state index is 0.149. The van der Waals surface area contributed by atoms with Crippen molar-refractivity contribution in [2.24, 2.45) is 0 Å². The van der Waals surface area contributed by atoms with Gasteiger partial charge < -0.3 is 24.8 Å². The zero-order chi connectivity index (χ0) is 18.4. The summed E-state index contributed by atoms with van der Waals surface area (Å²) >= 11 is 0. The molecule has 0 radical (unpaired) electrons. The molecule has 0 saturated heterocycles. The van der Waals surface area contributed by atoms with Crippen molar-refractivity contribution < 1.29 is 19.0 Å². The first-order valence-electron chi connectivity index (χ1n) is 8.86. The molecule has 1 heterocycles. The molecule has 0 aromatic heterocycles. The Morgan fingerprint density at radius 1 is 1.15 bits per heavy atom. The van der Waals surface area contributed by atoms with Crippen molar-refractivity contribution in [2.45, 2.75) is 26.3 Å². The third-order valence-electron chi connectivity index (χ3n) is 3.97. The molecule has 0 bridgehead atoms. The molecule has 26 heavy (non-hydrogen) atoms. The Bertz CT molecular complexity index is 763. The van der Waals surface area contributed by atoms with Crippen LogP contribution in [0.4, 0.5) is 11.4 Å². The summed E-state index contributed by atoms with van der Waals surface area (Å²) < 4.78 is 16.9. The summed E-state index contributed by atoms with van der Waals surface area (Å²) in [5, 5.41) is 6.10. The van der Waals surface area contributed by atoms with Crippen molar-refractivity contribution in [1.82, 2.24) is 0 Å². The second-order valence-electron chi connectivity index (χ2n) is 6.00. The highest BCUT2D eigenvalue weighted by molar-refractivity contribution is 5.97. The molecule has 1 aliphatic heterocycles. The van der Waals surface area contributed by atoms with Gasteiger partial charge in [-0.15, -0.1) is 0 Å². The molecular formula is C20H24N2O4. The van der Waals surface area contributed by atoms with Crippen LogP contribution in [0, 0.1) is 0 Å². The fraction of sp³-hybridized carbons (Fsp3) is 0.350. The summed E-state index contributed by atoms with van der Waals surface area (Å²) in [6, 6.07) is 12.6. The van der Waals surface area contributed by atoms with Gasteiger partial charge in [0, 0.05) is 18.2 Å². The van der Waals surface area contributed by atoms with Crippen LogP contribution in [0.5, 0.6) is 17.2 Å². The first-order valence-corrected chi connectivity index (χ1v) is 8.86. The highest BCUT2D eigenvalue weighted by Gasteiger charge is 2.16. The van der Waals surface area contributed by atoms with Crippen LogP contribution in [0.15, 0.2) is 42.5 Å². The van der Waals surface area contributed by atoms with Gasteiger partial charge in [0.15, 0.2) is 11.5 Å². The van der Waals surface area contributed by atoms with E-state index < -0.39 is 6.04 Å². The van der Waals surface area contributed by atoms with Gasteiger partial charge >= 0.3 is 0 Å². The zero-order valence-electron chi connectivity index (χ0n) is 15.1. The van der Waals surface area contributed by atoms with Gasteiger partial charge in [0.1, 0.15) is 11.8 Å². The van der Waals surface area contributed by atoms with Gasteiger partial charge in [-0.3, -0.25) is 4.79 Å².